The molecule has 4 aromatic rings. The van der Waals surface area contributed by atoms with Gasteiger partial charge in [0.05, 0.1) is 30.1 Å². The average Bonchev–Trinajstić information content (AvgIpc) is 3.32. The van der Waals surface area contributed by atoms with Crippen LogP contribution in [0.1, 0.15) is 29.9 Å². The number of aryl methyl sites for hydroxylation is 1. The van der Waals surface area contributed by atoms with Gasteiger partial charge in [0.15, 0.2) is 11.7 Å². The highest BCUT2D eigenvalue weighted by Gasteiger charge is 2.42. The highest BCUT2D eigenvalue weighted by Crippen LogP contribution is 2.32. The van der Waals surface area contributed by atoms with E-state index in [1.54, 1.807) is 17.8 Å². The molecule has 3 N–H and O–H groups in total. The molecule has 42 heavy (non-hydrogen) atoms. The molecule has 1 aliphatic rings. The van der Waals surface area contributed by atoms with E-state index in [-0.39, 0.29) is 43.6 Å². The predicted molar refractivity (Wildman–Crippen MR) is 152 cm³/mol. The molecule has 222 valence electrons. The number of fused-ring (bicyclic) bond motifs is 1. The van der Waals surface area contributed by atoms with Crippen LogP contribution in [-0.4, -0.2) is 73.1 Å². The minimum atomic E-state index is -3.06. The summed E-state index contributed by atoms with van der Waals surface area (Å²) in [5.41, 5.74) is 7.05. The van der Waals surface area contributed by atoms with Gasteiger partial charge in [0, 0.05) is 25.7 Å². The standard InChI is InChI=1S/C30H33F3N6O3/c1-37-26(21-9-7-19(8-10-21)11-14-34)24-25(36-37)29(41)39(18-35-24)17-30(42)12-15-38(16-13-30)28(40)23(31)22(27(32)33)20-5-3-2-4-6-20/h2-10,18,22-23,27,42H,11-17,34H2,1H3. The fraction of sp³-hybridized carbons (Fsp3) is 0.400. The van der Waals surface area contributed by atoms with E-state index >= 15 is 4.39 Å². The third kappa shape index (κ3) is 5.82. The van der Waals surface area contributed by atoms with Crippen molar-refractivity contribution in [3.63, 3.8) is 0 Å². The normalized spacial score (nSPS) is 16.6. The Labute approximate surface area is 240 Å². The maximum Gasteiger partial charge on any atom is 0.281 e. The van der Waals surface area contributed by atoms with E-state index in [0.717, 1.165) is 22.4 Å². The predicted octanol–water partition coefficient (Wildman–Crippen LogP) is 3.04. The molecule has 2 aromatic heterocycles. The van der Waals surface area contributed by atoms with E-state index in [0.29, 0.717) is 17.8 Å². The van der Waals surface area contributed by atoms with E-state index in [4.69, 9.17) is 5.73 Å². The summed E-state index contributed by atoms with van der Waals surface area (Å²) in [5, 5.41) is 15.7. The van der Waals surface area contributed by atoms with Crippen LogP contribution in [0.3, 0.4) is 0 Å². The lowest BCUT2D eigenvalue weighted by Gasteiger charge is -2.39. The van der Waals surface area contributed by atoms with Crippen LogP contribution in [0.5, 0.6) is 0 Å². The highest BCUT2D eigenvalue weighted by atomic mass is 19.3. The maximum atomic E-state index is 15.1. The quantitative estimate of drug-likeness (QED) is 0.313. The number of alkyl halides is 3. The van der Waals surface area contributed by atoms with Gasteiger partial charge in [0.25, 0.3) is 11.5 Å². The molecule has 1 aliphatic heterocycles. The number of hydrogen-bond donors (Lipinski definition) is 2. The molecule has 2 unspecified atom stereocenters. The fourth-order valence-corrected chi connectivity index (χ4v) is 5.59. The molecule has 3 heterocycles. The molecule has 1 fully saturated rings. The van der Waals surface area contributed by atoms with Gasteiger partial charge < -0.3 is 15.7 Å². The number of rotatable bonds is 9. The first-order valence-corrected chi connectivity index (χ1v) is 13.8. The van der Waals surface area contributed by atoms with Crippen LogP contribution in [-0.2, 0) is 24.8 Å². The van der Waals surface area contributed by atoms with Gasteiger partial charge in [-0.3, -0.25) is 18.8 Å². The molecule has 2 aromatic carbocycles. The van der Waals surface area contributed by atoms with Gasteiger partial charge in [0.1, 0.15) is 5.52 Å². The second kappa shape index (κ2) is 12.1. The van der Waals surface area contributed by atoms with Crippen molar-refractivity contribution in [2.75, 3.05) is 19.6 Å². The Morgan fingerprint density at radius 1 is 1.05 bits per heavy atom. The molecule has 5 rings (SSSR count). The lowest BCUT2D eigenvalue weighted by molar-refractivity contribution is -0.143. The zero-order chi connectivity index (χ0) is 30.0. The summed E-state index contributed by atoms with van der Waals surface area (Å²) in [7, 11) is 1.73. The third-order valence-electron chi connectivity index (χ3n) is 7.95. The van der Waals surface area contributed by atoms with E-state index in [1.165, 1.54) is 35.2 Å². The van der Waals surface area contributed by atoms with Crippen molar-refractivity contribution in [2.24, 2.45) is 12.8 Å². The van der Waals surface area contributed by atoms with Crippen molar-refractivity contribution >= 4 is 16.9 Å². The smallest absolute Gasteiger partial charge is 0.281 e. The number of nitrogens with two attached hydrogens (primary N) is 1. The van der Waals surface area contributed by atoms with Crippen molar-refractivity contribution < 1.29 is 23.1 Å². The maximum absolute atomic E-state index is 15.1. The number of carbonyl (C=O) groups is 1. The molecule has 9 nitrogen and oxygen atoms in total. The Morgan fingerprint density at radius 3 is 2.33 bits per heavy atom. The summed E-state index contributed by atoms with van der Waals surface area (Å²) >= 11 is 0. The number of aliphatic hydroxyl groups is 1. The molecule has 0 saturated carbocycles. The van der Waals surface area contributed by atoms with Gasteiger partial charge in [-0.2, -0.15) is 5.10 Å². The number of halogens is 3. The molecule has 0 aliphatic carbocycles. The molecule has 1 amide bonds. The SMILES string of the molecule is Cn1nc2c(=O)n(CC3(O)CCN(C(=O)C(F)C(c4ccccc4)C(F)F)CC3)cnc2c1-c1ccc(CCN)cc1. The minimum Gasteiger partial charge on any atom is -0.388 e. The largest absolute Gasteiger partial charge is 0.388 e. The summed E-state index contributed by atoms with van der Waals surface area (Å²) in [6.45, 7) is 0.344. The van der Waals surface area contributed by atoms with Gasteiger partial charge in [-0.1, -0.05) is 54.6 Å². The van der Waals surface area contributed by atoms with Crippen LogP contribution in [0.25, 0.3) is 22.3 Å². The molecule has 0 bridgehead atoms. The second-order valence-corrected chi connectivity index (χ2v) is 10.8. The third-order valence-corrected chi connectivity index (χ3v) is 7.95. The first kappa shape index (κ1) is 29.5. The van der Waals surface area contributed by atoms with Gasteiger partial charge in [0.2, 0.25) is 6.43 Å². The van der Waals surface area contributed by atoms with Crippen molar-refractivity contribution in [1.82, 2.24) is 24.2 Å². The Hall–Kier alpha value is -4.03. The summed E-state index contributed by atoms with van der Waals surface area (Å²) in [4.78, 5) is 31.8. The van der Waals surface area contributed by atoms with Gasteiger partial charge in [-0.15, -0.1) is 0 Å². The van der Waals surface area contributed by atoms with Crippen molar-refractivity contribution in [1.29, 1.82) is 0 Å². The summed E-state index contributed by atoms with van der Waals surface area (Å²) < 4.78 is 45.5. The van der Waals surface area contributed by atoms with E-state index in [9.17, 15) is 23.5 Å². The average molecular weight is 583 g/mol. The Morgan fingerprint density at radius 2 is 1.71 bits per heavy atom. The molecular formula is C30H33F3N6O3. The Bertz CT molecular complexity index is 1600. The van der Waals surface area contributed by atoms with Crippen molar-refractivity contribution in [3.05, 3.63) is 82.4 Å². The Balaban J connectivity index is 1.29. The summed E-state index contributed by atoms with van der Waals surface area (Å²) in [6, 6.07) is 15.2. The highest BCUT2D eigenvalue weighted by molar-refractivity contribution is 5.89. The molecule has 12 heteroatoms. The summed E-state index contributed by atoms with van der Waals surface area (Å²) in [6.07, 6.45) is -3.32. The molecule has 0 radical (unpaired) electrons. The number of likely N-dealkylation sites (tertiary alicyclic amines) is 1. The lowest BCUT2D eigenvalue weighted by Crippen LogP contribution is -2.52. The topological polar surface area (TPSA) is 119 Å². The summed E-state index contributed by atoms with van der Waals surface area (Å²) in [5.74, 6) is -2.92. The van der Waals surface area contributed by atoms with E-state index < -0.39 is 35.6 Å². The van der Waals surface area contributed by atoms with Crippen LogP contribution in [0, 0.1) is 0 Å². The van der Waals surface area contributed by atoms with Gasteiger partial charge >= 0.3 is 0 Å². The molecule has 1 saturated heterocycles. The van der Waals surface area contributed by atoms with Crippen LogP contribution in [0.15, 0.2) is 65.7 Å². The zero-order valence-electron chi connectivity index (χ0n) is 23.2. The van der Waals surface area contributed by atoms with Crippen molar-refractivity contribution in [3.8, 4) is 11.3 Å². The monoisotopic (exact) mass is 582 g/mol. The second-order valence-electron chi connectivity index (χ2n) is 10.8. The number of benzene rings is 2. The lowest BCUT2D eigenvalue weighted by atomic mass is 9.89. The molecule has 2 atom stereocenters. The number of hydrogen-bond acceptors (Lipinski definition) is 6. The van der Waals surface area contributed by atoms with Gasteiger partial charge in [-0.05, 0) is 36.9 Å². The number of piperidine rings is 1. The van der Waals surface area contributed by atoms with Crippen LogP contribution in [0.2, 0.25) is 0 Å². The van der Waals surface area contributed by atoms with E-state index in [1.807, 2.05) is 24.3 Å². The van der Waals surface area contributed by atoms with Crippen LogP contribution in [0.4, 0.5) is 13.2 Å². The molecule has 0 spiro atoms. The molecular weight excluding hydrogens is 549 g/mol. The number of aromatic nitrogens is 4. The van der Waals surface area contributed by atoms with Crippen molar-refractivity contribution in [2.45, 2.75) is 49.9 Å². The Kier molecular flexibility index (Phi) is 8.46. The zero-order valence-corrected chi connectivity index (χ0v) is 23.2. The number of amides is 1. The van der Waals surface area contributed by atoms with E-state index in [2.05, 4.69) is 10.1 Å². The number of nitrogens with zero attached hydrogens (tertiary/aromatic N) is 5. The first-order chi connectivity index (χ1) is 20.1. The fourth-order valence-electron chi connectivity index (χ4n) is 5.59. The minimum absolute atomic E-state index is 0.0310. The number of carbonyl (C=O) groups excluding carboxylic acids is 1. The van der Waals surface area contributed by atoms with Gasteiger partial charge in [-0.25, -0.2) is 18.2 Å². The van der Waals surface area contributed by atoms with Crippen LogP contribution < -0.4 is 11.3 Å². The first-order valence-electron chi connectivity index (χ1n) is 13.8. The van der Waals surface area contributed by atoms with Crippen LogP contribution >= 0.6 is 0 Å².